The highest BCUT2D eigenvalue weighted by atomic mass is 19.1. The van der Waals surface area contributed by atoms with Crippen LogP contribution < -0.4 is 10.1 Å². The lowest BCUT2D eigenvalue weighted by molar-refractivity contribution is 0.413. The molecule has 4 heteroatoms. The Balaban J connectivity index is 1.92. The predicted molar refractivity (Wildman–Crippen MR) is 78.7 cm³/mol. The molecule has 2 nitrogen and oxygen atoms in total. The monoisotopic (exact) mass is 289 g/mol. The zero-order valence-electron chi connectivity index (χ0n) is 11.8. The lowest BCUT2D eigenvalue weighted by atomic mass is 9.87. The van der Waals surface area contributed by atoms with Crippen molar-refractivity contribution >= 4 is 5.69 Å². The van der Waals surface area contributed by atoms with Gasteiger partial charge in [-0.3, -0.25) is 0 Å². The Bertz CT molecular complexity index is 637. The normalized spacial score (nSPS) is 17.2. The van der Waals surface area contributed by atoms with Crippen LogP contribution in [0.25, 0.3) is 0 Å². The van der Waals surface area contributed by atoms with Crippen molar-refractivity contribution in [2.45, 2.75) is 25.3 Å². The lowest BCUT2D eigenvalue weighted by Gasteiger charge is -2.28. The zero-order valence-corrected chi connectivity index (χ0v) is 11.8. The van der Waals surface area contributed by atoms with Gasteiger partial charge in [-0.2, -0.15) is 0 Å². The van der Waals surface area contributed by atoms with Crippen molar-refractivity contribution < 1.29 is 13.5 Å². The van der Waals surface area contributed by atoms with Crippen LogP contribution in [0.15, 0.2) is 36.4 Å². The maximum atomic E-state index is 13.8. The molecule has 0 saturated carbocycles. The number of hydrogen-bond acceptors (Lipinski definition) is 2. The van der Waals surface area contributed by atoms with Crippen molar-refractivity contribution in [2.75, 3.05) is 12.4 Å². The van der Waals surface area contributed by atoms with Crippen molar-refractivity contribution in [1.82, 2.24) is 0 Å². The molecule has 0 fully saturated rings. The summed E-state index contributed by atoms with van der Waals surface area (Å²) in [6, 6.07) is 9.69. The molecule has 1 aliphatic rings. The second-order valence-electron chi connectivity index (χ2n) is 5.25. The second kappa shape index (κ2) is 5.72. The summed E-state index contributed by atoms with van der Waals surface area (Å²) in [6.07, 6.45) is 2.80. The van der Waals surface area contributed by atoms with Crippen molar-refractivity contribution in [3.05, 3.63) is 59.2 Å². The summed E-state index contributed by atoms with van der Waals surface area (Å²) < 4.78 is 32.8. The minimum atomic E-state index is -0.560. The van der Waals surface area contributed by atoms with Crippen molar-refractivity contribution in [2.24, 2.45) is 0 Å². The summed E-state index contributed by atoms with van der Waals surface area (Å²) in [5.74, 6) is -0.308. The minimum Gasteiger partial charge on any atom is -0.497 e. The summed E-state index contributed by atoms with van der Waals surface area (Å²) in [4.78, 5) is 0. The topological polar surface area (TPSA) is 21.3 Å². The highest BCUT2D eigenvalue weighted by Gasteiger charge is 2.22. The first-order valence-electron chi connectivity index (χ1n) is 7.06. The van der Waals surface area contributed by atoms with Gasteiger partial charge in [0, 0.05) is 0 Å². The third kappa shape index (κ3) is 2.71. The standard InChI is InChI=1S/C17H17F2NO/c1-21-12-8-9-13-11(10-12)4-2-7-16(13)20-17-14(18)5-3-6-15(17)19/h3,5-6,8-10,16,20H,2,4,7H2,1H3. The molecule has 1 unspecified atom stereocenters. The fourth-order valence-corrected chi connectivity index (χ4v) is 2.88. The molecule has 0 aromatic heterocycles. The summed E-state index contributed by atoms with van der Waals surface area (Å²) in [5.41, 5.74) is 2.21. The van der Waals surface area contributed by atoms with Gasteiger partial charge in [-0.1, -0.05) is 12.1 Å². The molecule has 0 spiro atoms. The zero-order chi connectivity index (χ0) is 14.8. The van der Waals surface area contributed by atoms with E-state index in [2.05, 4.69) is 5.32 Å². The Morgan fingerprint density at radius 1 is 1.14 bits per heavy atom. The van der Waals surface area contributed by atoms with Gasteiger partial charge in [0.2, 0.25) is 0 Å². The number of ether oxygens (including phenoxy) is 1. The van der Waals surface area contributed by atoms with E-state index < -0.39 is 11.6 Å². The van der Waals surface area contributed by atoms with Gasteiger partial charge in [0.15, 0.2) is 0 Å². The van der Waals surface area contributed by atoms with E-state index >= 15 is 0 Å². The van der Waals surface area contributed by atoms with Crippen molar-refractivity contribution in [3.8, 4) is 5.75 Å². The van der Waals surface area contributed by atoms with E-state index in [1.807, 2.05) is 18.2 Å². The van der Waals surface area contributed by atoms with Crippen LogP contribution in [0.3, 0.4) is 0 Å². The summed E-state index contributed by atoms with van der Waals surface area (Å²) in [5, 5.41) is 3.02. The molecule has 2 aromatic rings. The van der Waals surface area contributed by atoms with E-state index in [4.69, 9.17) is 4.74 Å². The van der Waals surface area contributed by atoms with E-state index in [1.165, 1.54) is 23.8 Å². The lowest BCUT2D eigenvalue weighted by Crippen LogP contribution is -2.18. The molecule has 21 heavy (non-hydrogen) atoms. The van der Waals surface area contributed by atoms with Crippen LogP contribution >= 0.6 is 0 Å². The Morgan fingerprint density at radius 3 is 2.62 bits per heavy atom. The average molecular weight is 289 g/mol. The van der Waals surface area contributed by atoms with Crippen LogP contribution in [0.2, 0.25) is 0 Å². The van der Waals surface area contributed by atoms with Gasteiger partial charge in [-0.15, -0.1) is 0 Å². The summed E-state index contributed by atoms with van der Waals surface area (Å²) >= 11 is 0. The highest BCUT2D eigenvalue weighted by Crippen LogP contribution is 2.35. The number of halogens is 2. The van der Waals surface area contributed by atoms with Crippen molar-refractivity contribution in [1.29, 1.82) is 0 Å². The van der Waals surface area contributed by atoms with Gasteiger partial charge in [-0.25, -0.2) is 8.78 Å². The number of fused-ring (bicyclic) bond motifs is 1. The molecule has 0 bridgehead atoms. The highest BCUT2D eigenvalue weighted by molar-refractivity contribution is 5.50. The van der Waals surface area contributed by atoms with E-state index in [-0.39, 0.29) is 11.7 Å². The smallest absolute Gasteiger partial charge is 0.149 e. The average Bonchev–Trinajstić information content (AvgIpc) is 2.50. The molecule has 1 N–H and O–H groups in total. The fraction of sp³-hybridized carbons (Fsp3) is 0.294. The first-order chi connectivity index (χ1) is 10.2. The van der Waals surface area contributed by atoms with Gasteiger partial charge >= 0.3 is 0 Å². The third-order valence-corrected chi connectivity index (χ3v) is 3.95. The van der Waals surface area contributed by atoms with Gasteiger partial charge in [0.1, 0.15) is 23.1 Å². The van der Waals surface area contributed by atoms with Crippen LogP contribution in [-0.4, -0.2) is 7.11 Å². The third-order valence-electron chi connectivity index (χ3n) is 3.95. The molecular formula is C17H17F2NO. The Kier molecular flexibility index (Phi) is 3.78. The molecule has 0 amide bonds. The number of anilines is 1. The van der Waals surface area contributed by atoms with Crippen LogP contribution in [0.1, 0.15) is 30.0 Å². The molecule has 0 radical (unpaired) electrons. The van der Waals surface area contributed by atoms with Crippen LogP contribution in [0, 0.1) is 11.6 Å². The second-order valence-corrected chi connectivity index (χ2v) is 5.25. The van der Waals surface area contributed by atoms with Gasteiger partial charge in [0.25, 0.3) is 0 Å². The number of methoxy groups -OCH3 is 1. The quantitative estimate of drug-likeness (QED) is 0.900. The first-order valence-corrected chi connectivity index (χ1v) is 7.06. The first kappa shape index (κ1) is 13.9. The van der Waals surface area contributed by atoms with E-state index in [9.17, 15) is 8.78 Å². The number of hydrogen-bond donors (Lipinski definition) is 1. The Labute approximate surface area is 122 Å². The summed E-state index contributed by atoms with van der Waals surface area (Å²) in [7, 11) is 1.63. The molecule has 1 atom stereocenters. The summed E-state index contributed by atoms with van der Waals surface area (Å²) in [6.45, 7) is 0. The predicted octanol–water partition coefficient (Wildman–Crippen LogP) is 4.46. The molecule has 110 valence electrons. The Morgan fingerprint density at radius 2 is 1.90 bits per heavy atom. The number of para-hydroxylation sites is 1. The van der Waals surface area contributed by atoms with Gasteiger partial charge in [0.05, 0.1) is 13.2 Å². The van der Waals surface area contributed by atoms with Crippen LogP contribution in [-0.2, 0) is 6.42 Å². The molecular weight excluding hydrogens is 272 g/mol. The van der Waals surface area contributed by atoms with Crippen molar-refractivity contribution in [3.63, 3.8) is 0 Å². The van der Waals surface area contributed by atoms with Crippen LogP contribution in [0.5, 0.6) is 5.75 Å². The van der Waals surface area contributed by atoms with E-state index in [0.717, 1.165) is 30.6 Å². The fourth-order valence-electron chi connectivity index (χ4n) is 2.88. The molecule has 0 heterocycles. The van der Waals surface area contributed by atoms with Crippen LogP contribution in [0.4, 0.5) is 14.5 Å². The van der Waals surface area contributed by atoms with Gasteiger partial charge < -0.3 is 10.1 Å². The molecule has 1 aliphatic carbocycles. The molecule has 3 rings (SSSR count). The molecule has 0 saturated heterocycles. The Hall–Kier alpha value is -2.10. The maximum absolute atomic E-state index is 13.8. The number of benzene rings is 2. The SMILES string of the molecule is COc1ccc2c(c1)CCCC2Nc1c(F)cccc1F. The molecule has 2 aromatic carbocycles. The number of nitrogens with one attached hydrogen (secondary N) is 1. The van der Waals surface area contributed by atoms with Gasteiger partial charge in [-0.05, 0) is 54.7 Å². The molecule has 0 aliphatic heterocycles. The van der Waals surface area contributed by atoms with E-state index in [1.54, 1.807) is 7.11 Å². The van der Waals surface area contributed by atoms with E-state index in [0.29, 0.717) is 0 Å². The minimum absolute atomic E-state index is 0.0498. The largest absolute Gasteiger partial charge is 0.497 e. The number of rotatable bonds is 3. The number of aryl methyl sites for hydroxylation is 1. The maximum Gasteiger partial charge on any atom is 0.149 e.